The van der Waals surface area contributed by atoms with Crippen LogP contribution in [0.4, 0.5) is 11.4 Å². The van der Waals surface area contributed by atoms with Crippen LogP contribution < -0.4 is 10.2 Å². The highest BCUT2D eigenvalue weighted by Gasteiger charge is 2.40. The maximum atomic E-state index is 13.4. The van der Waals surface area contributed by atoms with Crippen molar-refractivity contribution in [3.05, 3.63) is 99.7 Å². The van der Waals surface area contributed by atoms with Gasteiger partial charge in [-0.25, -0.2) is 4.90 Å². The van der Waals surface area contributed by atoms with E-state index in [1.54, 1.807) is 30.3 Å². The molecule has 5 heteroatoms. The van der Waals surface area contributed by atoms with Gasteiger partial charge in [-0.2, -0.15) is 0 Å². The smallest absolute Gasteiger partial charge is 0.282 e. The van der Waals surface area contributed by atoms with Gasteiger partial charge in [0.15, 0.2) is 0 Å². The zero-order valence-electron chi connectivity index (χ0n) is 17.0. The molecule has 0 fully saturated rings. The van der Waals surface area contributed by atoms with Crippen LogP contribution in [0.15, 0.2) is 72.4 Å². The molecule has 1 aliphatic heterocycles. The van der Waals surface area contributed by atoms with Crippen molar-refractivity contribution < 1.29 is 9.59 Å². The van der Waals surface area contributed by atoms with Crippen molar-refractivity contribution in [1.29, 1.82) is 0 Å². The van der Waals surface area contributed by atoms with Crippen LogP contribution in [0.1, 0.15) is 22.3 Å². The molecule has 0 bridgehead atoms. The van der Waals surface area contributed by atoms with Crippen LogP contribution in [0, 0.1) is 20.8 Å². The molecule has 0 saturated carbocycles. The fraction of sp³-hybridized carbons (Fsp3) is 0.120. The molecule has 1 heterocycles. The zero-order valence-corrected chi connectivity index (χ0v) is 17.7. The second kappa shape index (κ2) is 7.81. The van der Waals surface area contributed by atoms with Crippen molar-refractivity contribution in [3.8, 4) is 0 Å². The fourth-order valence-corrected chi connectivity index (χ4v) is 3.62. The number of imide groups is 1. The van der Waals surface area contributed by atoms with Crippen LogP contribution in [-0.4, -0.2) is 11.8 Å². The number of rotatable bonds is 4. The van der Waals surface area contributed by atoms with Crippen molar-refractivity contribution in [2.45, 2.75) is 20.8 Å². The number of carbonyl (C=O) groups excluding carboxylic acids is 2. The predicted molar refractivity (Wildman–Crippen MR) is 122 cm³/mol. The van der Waals surface area contributed by atoms with E-state index in [1.807, 2.05) is 57.2 Å². The van der Waals surface area contributed by atoms with Crippen LogP contribution in [-0.2, 0) is 9.59 Å². The number of hydrogen-bond donors (Lipinski definition) is 1. The number of nitrogens with one attached hydrogen (secondary N) is 1. The van der Waals surface area contributed by atoms with Gasteiger partial charge in [-0.05, 0) is 79.4 Å². The molecule has 4 rings (SSSR count). The SMILES string of the molecule is Cc1cccc(N2C(=O)C(Nc3ccc(C)c(C)c3)=C(c3ccc(Cl)cc3)C2=O)c1. The molecule has 2 amide bonds. The first-order chi connectivity index (χ1) is 14.3. The molecule has 0 aromatic heterocycles. The summed E-state index contributed by atoms with van der Waals surface area (Å²) in [5.74, 6) is -0.743. The van der Waals surface area contributed by atoms with Gasteiger partial charge in [-0.1, -0.05) is 41.9 Å². The minimum Gasteiger partial charge on any atom is -0.350 e. The summed E-state index contributed by atoms with van der Waals surface area (Å²) in [6, 6.07) is 20.1. The molecule has 0 atom stereocenters. The van der Waals surface area contributed by atoms with Gasteiger partial charge in [-0.3, -0.25) is 9.59 Å². The lowest BCUT2D eigenvalue weighted by Gasteiger charge is -2.16. The summed E-state index contributed by atoms with van der Waals surface area (Å²) in [4.78, 5) is 28.0. The summed E-state index contributed by atoms with van der Waals surface area (Å²) in [7, 11) is 0. The average Bonchev–Trinajstić information content (AvgIpc) is 2.95. The van der Waals surface area contributed by atoms with E-state index in [0.717, 1.165) is 22.4 Å². The summed E-state index contributed by atoms with van der Waals surface area (Å²) in [5, 5.41) is 3.77. The van der Waals surface area contributed by atoms with Gasteiger partial charge in [0.1, 0.15) is 5.70 Å². The molecular formula is C25H21ClN2O2. The zero-order chi connectivity index (χ0) is 21.4. The molecule has 1 N–H and O–H groups in total. The second-order valence-electron chi connectivity index (χ2n) is 7.47. The molecule has 30 heavy (non-hydrogen) atoms. The van der Waals surface area contributed by atoms with Gasteiger partial charge in [-0.15, -0.1) is 0 Å². The van der Waals surface area contributed by atoms with E-state index in [4.69, 9.17) is 11.6 Å². The third kappa shape index (κ3) is 3.62. The maximum Gasteiger partial charge on any atom is 0.282 e. The average molecular weight is 417 g/mol. The van der Waals surface area contributed by atoms with Gasteiger partial charge in [0.25, 0.3) is 11.8 Å². The van der Waals surface area contributed by atoms with E-state index in [-0.39, 0.29) is 17.5 Å². The monoisotopic (exact) mass is 416 g/mol. The second-order valence-corrected chi connectivity index (χ2v) is 7.90. The Bertz CT molecular complexity index is 1200. The number of benzene rings is 3. The first kappa shape index (κ1) is 19.9. The molecule has 3 aromatic carbocycles. The van der Waals surface area contributed by atoms with E-state index in [9.17, 15) is 9.59 Å². The van der Waals surface area contributed by atoms with Crippen molar-refractivity contribution in [2.24, 2.45) is 0 Å². The Morgan fingerprint density at radius 3 is 2.20 bits per heavy atom. The number of nitrogens with zero attached hydrogens (tertiary/aromatic N) is 1. The summed E-state index contributed by atoms with van der Waals surface area (Å²) in [6.45, 7) is 5.97. The molecule has 0 saturated heterocycles. The number of halogens is 1. The first-order valence-electron chi connectivity index (χ1n) is 9.65. The molecule has 3 aromatic rings. The van der Waals surface area contributed by atoms with Crippen LogP contribution in [0.2, 0.25) is 5.02 Å². The van der Waals surface area contributed by atoms with Crippen LogP contribution in [0.25, 0.3) is 5.57 Å². The molecule has 0 spiro atoms. The van der Waals surface area contributed by atoms with Gasteiger partial charge < -0.3 is 5.32 Å². The molecule has 0 radical (unpaired) electrons. The molecule has 150 valence electrons. The van der Waals surface area contributed by atoms with Gasteiger partial charge >= 0.3 is 0 Å². The molecule has 0 unspecified atom stereocenters. The van der Waals surface area contributed by atoms with Gasteiger partial charge in [0.2, 0.25) is 0 Å². The fourth-order valence-electron chi connectivity index (χ4n) is 3.50. The number of aryl methyl sites for hydroxylation is 3. The van der Waals surface area contributed by atoms with E-state index in [2.05, 4.69) is 5.32 Å². The Labute approximate surface area is 180 Å². The lowest BCUT2D eigenvalue weighted by molar-refractivity contribution is -0.120. The Hall–Kier alpha value is -3.37. The summed E-state index contributed by atoms with van der Waals surface area (Å²) >= 11 is 6.03. The minimum atomic E-state index is -0.381. The molecule has 1 aliphatic rings. The quantitative estimate of drug-likeness (QED) is 0.558. The summed E-state index contributed by atoms with van der Waals surface area (Å²) in [5.41, 5.74) is 5.75. The number of anilines is 2. The minimum absolute atomic E-state index is 0.257. The lowest BCUT2D eigenvalue weighted by atomic mass is 10.0. The van der Waals surface area contributed by atoms with Crippen molar-refractivity contribution in [2.75, 3.05) is 10.2 Å². The molecule has 4 nitrogen and oxygen atoms in total. The number of amides is 2. The summed E-state index contributed by atoms with van der Waals surface area (Å²) in [6.07, 6.45) is 0. The standard InChI is InChI=1S/C25H21ClN2O2/c1-15-5-4-6-21(13-15)28-24(29)22(18-8-10-19(26)11-9-18)23(25(28)30)27-20-12-7-16(2)17(3)14-20/h4-14,27H,1-3H3. The molecule has 0 aliphatic carbocycles. The van der Waals surface area contributed by atoms with Crippen LogP contribution in [0.3, 0.4) is 0 Å². The van der Waals surface area contributed by atoms with E-state index >= 15 is 0 Å². The third-order valence-electron chi connectivity index (χ3n) is 5.25. The highest BCUT2D eigenvalue weighted by Crippen LogP contribution is 2.34. The largest absolute Gasteiger partial charge is 0.350 e. The van der Waals surface area contributed by atoms with Gasteiger partial charge in [0.05, 0.1) is 11.3 Å². The van der Waals surface area contributed by atoms with E-state index in [0.29, 0.717) is 21.8 Å². The Morgan fingerprint density at radius 1 is 0.800 bits per heavy atom. The third-order valence-corrected chi connectivity index (χ3v) is 5.50. The van der Waals surface area contributed by atoms with Crippen molar-refractivity contribution >= 4 is 40.4 Å². The Balaban J connectivity index is 1.83. The molecular weight excluding hydrogens is 396 g/mol. The van der Waals surface area contributed by atoms with Crippen LogP contribution in [0.5, 0.6) is 0 Å². The lowest BCUT2D eigenvalue weighted by Crippen LogP contribution is -2.32. The number of carbonyl (C=O) groups is 2. The summed E-state index contributed by atoms with van der Waals surface area (Å²) < 4.78 is 0. The van der Waals surface area contributed by atoms with E-state index < -0.39 is 0 Å². The Morgan fingerprint density at radius 2 is 1.53 bits per heavy atom. The number of hydrogen-bond acceptors (Lipinski definition) is 3. The van der Waals surface area contributed by atoms with Crippen molar-refractivity contribution in [3.63, 3.8) is 0 Å². The highest BCUT2D eigenvalue weighted by molar-refractivity contribution is 6.46. The normalized spacial score (nSPS) is 13.9. The topological polar surface area (TPSA) is 49.4 Å². The predicted octanol–water partition coefficient (Wildman–Crippen LogP) is 5.66. The Kier molecular flexibility index (Phi) is 5.18. The maximum absolute atomic E-state index is 13.4. The van der Waals surface area contributed by atoms with Crippen LogP contribution >= 0.6 is 11.6 Å². The van der Waals surface area contributed by atoms with Gasteiger partial charge in [0, 0.05) is 10.7 Å². The first-order valence-corrected chi connectivity index (χ1v) is 10.0. The van der Waals surface area contributed by atoms with E-state index in [1.165, 1.54) is 4.90 Å². The van der Waals surface area contributed by atoms with Crippen molar-refractivity contribution in [1.82, 2.24) is 0 Å². The highest BCUT2D eigenvalue weighted by atomic mass is 35.5.